The monoisotopic (exact) mass is 488 g/mol. The standard InChI is InChI=1S/C28H32N4O4/c1-3-32-20(2)30-23-18-22(11-12-24(23)32)26(33)31-15-17-36-28(19-31)13-7-6-9-21-8-4-5-10-25(21)35-16-14-29-27(28)34/h4-8,10-12,18H,3,9,13-17,19H2,1-2H3,(H,29,34)/b7-6+. The number of aryl methyl sites for hydroxylation is 2. The molecule has 0 radical (unpaired) electrons. The van der Waals surface area contributed by atoms with Crippen molar-refractivity contribution in [1.82, 2.24) is 19.8 Å². The molecule has 8 heteroatoms. The summed E-state index contributed by atoms with van der Waals surface area (Å²) in [7, 11) is 0. The van der Waals surface area contributed by atoms with Crippen molar-refractivity contribution in [3.05, 3.63) is 71.6 Å². The lowest BCUT2D eigenvalue weighted by Crippen LogP contribution is -2.61. The average molecular weight is 489 g/mol. The maximum atomic E-state index is 13.5. The van der Waals surface area contributed by atoms with Crippen LogP contribution in [0.15, 0.2) is 54.6 Å². The van der Waals surface area contributed by atoms with E-state index in [0.717, 1.165) is 34.7 Å². The van der Waals surface area contributed by atoms with Gasteiger partial charge in [0.15, 0.2) is 5.60 Å². The second-order valence-corrected chi connectivity index (χ2v) is 9.27. The fourth-order valence-corrected chi connectivity index (χ4v) is 5.06. The predicted molar refractivity (Wildman–Crippen MR) is 137 cm³/mol. The number of morpholine rings is 1. The molecule has 2 aliphatic rings. The summed E-state index contributed by atoms with van der Waals surface area (Å²) in [5, 5.41) is 2.96. The van der Waals surface area contributed by atoms with Crippen molar-refractivity contribution in [3.63, 3.8) is 0 Å². The highest BCUT2D eigenvalue weighted by molar-refractivity contribution is 5.98. The van der Waals surface area contributed by atoms with Gasteiger partial charge in [-0.2, -0.15) is 0 Å². The van der Waals surface area contributed by atoms with Crippen LogP contribution >= 0.6 is 0 Å². The van der Waals surface area contributed by atoms with E-state index in [2.05, 4.69) is 21.8 Å². The van der Waals surface area contributed by atoms with E-state index in [1.807, 2.05) is 61.5 Å². The van der Waals surface area contributed by atoms with E-state index in [4.69, 9.17) is 9.47 Å². The molecule has 1 saturated heterocycles. The quantitative estimate of drug-likeness (QED) is 0.560. The number of rotatable bonds is 2. The van der Waals surface area contributed by atoms with E-state index in [1.54, 1.807) is 4.90 Å². The third-order valence-corrected chi connectivity index (χ3v) is 6.96. The van der Waals surface area contributed by atoms with Crippen molar-refractivity contribution in [3.8, 4) is 5.75 Å². The first kappa shape index (κ1) is 24.1. The molecule has 1 unspecified atom stereocenters. The number of carbonyl (C=O) groups excluding carboxylic acids is 2. The van der Waals surface area contributed by atoms with Crippen LogP contribution in [0.4, 0.5) is 0 Å². The molecule has 1 atom stereocenters. The Morgan fingerprint density at radius 2 is 2.03 bits per heavy atom. The Hall–Kier alpha value is -3.65. The lowest BCUT2D eigenvalue weighted by atomic mass is 9.94. The summed E-state index contributed by atoms with van der Waals surface area (Å²) in [6.45, 7) is 6.47. The van der Waals surface area contributed by atoms with Crippen molar-refractivity contribution in [2.45, 2.75) is 38.8 Å². The highest BCUT2D eigenvalue weighted by Crippen LogP contribution is 2.27. The molecule has 0 bridgehead atoms. The zero-order chi connectivity index (χ0) is 25.1. The predicted octanol–water partition coefficient (Wildman–Crippen LogP) is 3.27. The normalized spacial score (nSPS) is 21.7. The number of ether oxygens (including phenoxy) is 2. The van der Waals surface area contributed by atoms with Gasteiger partial charge in [0.25, 0.3) is 11.8 Å². The summed E-state index contributed by atoms with van der Waals surface area (Å²) in [5.41, 5.74) is 2.32. The molecule has 1 fully saturated rings. The first-order chi connectivity index (χ1) is 17.5. The van der Waals surface area contributed by atoms with Gasteiger partial charge in [0.2, 0.25) is 0 Å². The van der Waals surface area contributed by atoms with Crippen molar-refractivity contribution < 1.29 is 19.1 Å². The topological polar surface area (TPSA) is 85.7 Å². The number of allylic oxidation sites excluding steroid dienone is 1. The van der Waals surface area contributed by atoms with Gasteiger partial charge in [0, 0.05) is 25.1 Å². The average Bonchev–Trinajstić information content (AvgIpc) is 3.22. The van der Waals surface area contributed by atoms with Crippen LogP contribution in [-0.2, 0) is 22.5 Å². The van der Waals surface area contributed by atoms with E-state index in [-0.39, 0.29) is 25.0 Å². The smallest absolute Gasteiger partial charge is 0.254 e. The van der Waals surface area contributed by atoms with E-state index in [9.17, 15) is 9.59 Å². The lowest BCUT2D eigenvalue weighted by molar-refractivity contribution is -0.156. The number of hydrogen-bond donors (Lipinski definition) is 1. The Kier molecular flexibility index (Phi) is 6.78. The van der Waals surface area contributed by atoms with Crippen LogP contribution in [0.5, 0.6) is 5.75 Å². The molecule has 3 heterocycles. The molecule has 8 nitrogen and oxygen atoms in total. The molecule has 2 aromatic carbocycles. The molecular weight excluding hydrogens is 456 g/mol. The minimum Gasteiger partial charge on any atom is -0.491 e. The van der Waals surface area contributed by atoms with Gasteiger partial charge in [-0.1, -0.05) is 30.4 Å². The highest BCUT2D eigenvalue weighted by atomic mass is 16.5. The van der Waals surface area contributed by atoms with Crippen LogP contribution in [0.2, 0.25) is 0 Å². The summed E-state index contributed by atoms with van der Waals surface area (Å²) < 4.78 is 14.1. The summed E-state index contributed by atoms with van der Waals surface area (Å²) in [6.07, 6.45) is 5.08. The summed E-state index contributed by atoms with van der Waals surface area (Å²) in [4.78, 5) is 33.2. The Labute approximate surface area is 210 Å². The zero-order valence-electron chi connectivity index (χ0n) is 20.8. The van der Waals surface area contributed by atoms with Gasteiger partial charge in [-0.3, -0.25) is 9.59 Å². The van der Waals surface area contributed by atoms with Crippen molar-refractivity contribution >= 4 is 22.8 Å². The summed E-state index contributed by atoms with van der Waals surface area (Å²) >= 11 is 0. The summed E-state index contributed by atoms with van der Waals surface area (Å²) in [6, 6.07) is 13.6. The number of nitrogens with one attached hydrogen (secondary N) is 1. The SMILES string of the molecule is CCn1c(C)nc2cc(C(=O)N3CCOC4(C/C=C/Cc5ccccc5OCCNC4=O)C3)ccc21. The first-order valence-corrected chi connectivity index (χ1v) is 12.5. The van der Waals surface area contributed by atoms with Gasteiger partial charge in [-0.15, -0.1) is 0 Å². The van der Waals surface area contributed by atoms with Crippen LogP contribution in [0.1, 0.15) is 35.1 Å². The maximum Gasteiger partial charge on any atom is 0.254 e. The second-order valence-electron chi connectivity index (χ2n) is 9.27. The van der Waals surface area contributed by atoms with E-state index < -0.39 is 5.60 Å². The molecule has 36 heavy (non-hydrogen) atoms. The number of amides is 2. The molecule has 0 aliphatic carbocycles. The first-order valence-electron chi connectivity index (χ1n) is 12.5. The molecule has 1 aromatic heterocycles. The molecule has 2 aliphatic heterocycles. The number of benzene rings is 2. The fraction of sp³-hybridized carbons (Fsp3) is 0.393. The number of imidazole rings is 1. The molecule has 5 rings (SSSR count). The number of aromatic nitrogens is 2. The third-order valence-electron chi connectivity index (χ3n) is 6.96. The van der Waals surface area contributed by atoms with E-state index >= 15 is 0 Å². The molecule has 188 valence electrons. The largest absolute Gasteiger partial charge is 0.491 e. The molecule has 0 saturated carbocycles. The van der Waals surface area contributed by atoms with E-state index in [0.29, 0.717) is 38.1 Å². The van der Waals surface area contributed by atoms with E-state index in [1.165, 1.54) is 0 Å². The third kappa shape index (κ3) is 4.60. The van der Waals surface area contributed by atoms with Gasteiger partial charge >= 0.3 is 0 Å². The van der Waals surface area contributed by atoms with Crippen LogP contribution < -0.4 is 10.1 Å². The molecule has 2 amide bonds. The Morgan fingerprint density at radius 1 is 1.17 bits per heavy atom. The number of nitrogens with zero attached hydrogens (tertiary/aromatic N) is 3. The molecule has 1 N–H and O–H groups in total. The highest BCUT2D eigenvalue weighted by Gasteiger charge is 2.44. The summed E-state index contributed by atoms with van der Waals surface area (Å²) in [5.74, 6) is 1.40. The molecular formula is C28H32N4O4. The van der Waals surface area contributed by atoms with Crippen LogP contribution in [0.3, 0.4) is 0 Å². The zero-order valence-corrected chi connectivity index (χ0v) is 20.8. The molecule has 3 aromatic rings. The van der Waals surface area contributed by atoms with Gasteiger partial charge in [0.05, 0.1) is 30.7 Å². The van der Waals surface area contributed by atoms with Gasteiger partial charge in [-0.05, 0) is 50.1 Å². The van der Waals surface area contributed by atoms with Gasteiger partial charge < -0.3 is 24.3 Å². The fourth-order valence-electron chi connectivity index (χ4n) is 5.06. The number of hydrogen-bond acceptors (Lipinski definition) is 5. The minimum atomic E-state index is -1.15. The van der Waals surface area contributed by atoms with Crippen LogP contribution in [-0.4, -0.2) is 64.7 Å². The Bertz CT molecular complexity index is 1310. The lowest BCUT2D eigenvalue weighted by Gasteiger charge is -2.41. The van der Waals surface area contributed by atoms with Crippen molar-refractivity contribution in [2.24, 2.45) is 0 Å². The second kappa shape index (κ2) is 10.1. The van der Waals surface area contributed by atoms with Crippen molar-refractivity contribution in [1.29, 1.82) is 0 Å². The minimum absolute atomic E-state index is 0.122. The van der Waals surface area contributed by atoms with Gasteiger partial charge in [-0.25, -0.2) is 4.98 Å². The number of fused-ring (bicyclic) bond motifs is 2. The Morgan fingerprint density at radius 3 is 2.89 bits per heavy atom. The van der Waals surface area contributed by atoms with Crippen LogP contribution in [0.25, 0.3) is 11.0 Å². The maximum absolute atomic E-state index is 13.5. The van der Waals surface area contributed by atoms with Gasteiger partial charge in [0.1, 0.15) is 18.2 Å². The molecule has 1 spiro atoms. The number of carbonyl (C=O) groups is 2. The van der Waals surface area contributed by atoms with Crippen LogP contribution in [0, 0.1) is 6.92 Å². The van der Waals surface area contributed by atoms with Crippen molar-refractivity contribution in [2.75, 3.05) is 32.8 Å². The Balaban J connectivity index is 1.37. The number of para-hydroxylation sites is 1.